The van der Waals surface area contributed by atoms with Crippen molar-refractivity contribution in [3.8, 4) is 0 Å². The maximum absolute atomic E-state index is 12.4. The van der Waals surface area contributed by atoms with Crippen molar-refractivity contribution in [1.29, 1.82) is 0 Å². The SMILES string of the molecule is CC.Cc1cccc(C(N)(F)F)c1. The van der Waals surface area contributed by atoms with Gasteiger partial charge < -0.3 is 0 Å². The van der Waals surface area contributed by atoms with Gasteiger partial charge in [-0.1, -0.05) is 37.6 Å². The Bertz CT molecular complexity index is 253. The number of rotatable bonds is 1. The van der Waals surface area contributed by atoms with Crippen LogP contribution < -0.4 is 5.73 Å². The molecule has 0 spiro atoms. The Labute approximate surface area is 77.6 Å². The van der Waals surface area contributed by atoms with Crippen LogP contribution in [0.5, 0.6) is 0 Å². The summed E-state index contributed by atoms with van der Waals surface area (Å²) in [5.41, 5.74) is 5.24. The molecule has 0 aliphatic carbocycles. The van der Waals surface area contributed by atoms with E-state index in [1.165, 1.54) is 12.1 Å². The van der Waals surface area contributed by atoms with Gasteiger partial charge in [-0.3, -0.25) is 5.73 Å². The molecule has 74 valence electrons. The van der Waals surface area contributed by atoms with Gasteiger partial charge in [-0.15, -0.1) is 0 Å². The second kappa shape index (κ2) is 4.92. The lowest BCUT2D eigenvalue weighted by atomic mass is 10.1. The number of halogens is 2. The lowest BCUT2D eigenvalue weighted by molar-refractivity contribution is 0.00293. The molecule has 0 aliphatic rings. The van der Waals surface area contributed by atoms with Crippen molar-refractivity contribution in [1.82, 2.24) is 0 Å². The van der Waals surface area contributed by atoms with Gasteiger partial charge in [0, 0.05) is 5.56 Å². The van der Waals surface area contributed by atoms with Crippen LogP contribution in [0.4, 0.5) is 8.78 Å². The van der Waals surface area contributed by atoms with Crippen molar-refractivity contribution in [2.45, 2.75) is 26.8 Å². The van der Waals surface area contributed by atoms with E-state index in [1.807, 2.05) is 13.8 Å². The third-order valence-corrected chi connectivity index (χ3v) is 1.40. The smallest absolute Gasteiger partial charge is 0.268 e. The largest absolute Gasteiger partial charge is 0.326 e. The Balaban J connectivity index is 0.000000671. The van der Waals surface area contributed by atoms with Crippen molar-refractivity contribution >= 4 is 0 Å². The number of benzene rings is 1. The van der Waals surface area contributed by atoms with Gasteiger partial charge in [-0.2, -0.15) is 8.78 Å². The van der Waals surface area contributed by atoms with E-state index in [0.717, 1.165) is 5.56 Å². The Hall–Kier alpha value is -0.960. The first-order valence-electron chi connectivity index (χ1n) is 4.24. The number of alkyl halides is 2. The van der Waals surface area contributed by atoms with Gasteiger partial charge in [0.1, 0.15) is 0 Å². The molecule has 0 saturated heterocycles. The zero-order valence-corrected chi connectivity index (χ0v) is 8.14. The molecule has 2 N–H and O–H groups in total. The summed E-state index contributed by atoms with van der Waals surface area (Å²) in [4.78, 5) is 0. The quantitative estimate of drug-likeness (QED) is 0.672. The van der Waals surface area contributed by atoms with E-state index >= 15 is 0 Å². The number of hydrogen-bond acceptors (Lipinski definition) is 1. The van der Waals surface area contributed by atoms with E-state index in [4.69, 9.17) is 0 Å². The summed E-state index contributed by atoms with van der Waals surface area (Å²) in [5.74, 6) is 0. The predicted molar refractivity (Wildman–Crippen MR) is 50.6 cm³/mol. The van der Waals surface area contributed by atoms with Crippen LogP contribution in [0, 0.1) is 6.92 Å². The minimum absolute atomic E-state index is 0.141. The number of nitrogens with two attached hydrogens (primary N) is 1. The zero-order valence-electron chi connectivity index (χ0n) is 8.14. The maximum Gasteiger partial charge on any atom is 0.326 e. The standard InChI is InChI=1S/C8H9F2N.C2H6/c1-6-3-2-4-7(5-6)8(9,10)11;1-2/h2-5H,11H2,1H3;1-2H3. The van der Waals surface area contributed by atoms with Crippen LogP contribution in [0.1, 0.15) is 25.0 Å². The maximum atomic E-state index is 12.4. The highest BCUT2D eigenvalue weighted by molar-refractivity contribution is 5.24. The molecule has 0 heterocycles. The van der Waals surface area contributed by atoms with Crippen molar-refractivity contribution < 1.29 is 8.78 Å². The molecule has 1 rings (SSSR count). The molecule has 1 aromatic carbocycles. The Kier molecular flexibility index (Phi) is 4.56. The number of aryl methyl sites for hydroxylation is 1. The summed E-state index contributed by atoms with van der Waals surface area (Å²) < 4.78 is 24.8. The molecule has 0 unspecified atom stereocenters. The topological polar surface area (TPSA) is 26.0 Å². The predicted octanol–water partition coefficient (Wildman–Crippen LogP) is 3.03. The van der Waals surface area contributed by atoms with Gasteiger partial charge in [-0.05, 0) is 13.0 Å². The first kappa shape index (κ1) is 12.0. The van der Waals surface area contributed by atoms with E-state index in [2.05, 4.69) is 5.73 Å². The van der Waals surface area contributed by atoms with E-state index in [9.17, 15) is 8.78 Å². The summed E-state index contributed by atoms with van der Waals surface area (Å²) in [6.07, 6.45) is 0. The van der Waals surface area contributed by atoms with E-state index in [1.54, 1.807) is 19.1 Å². The van der Waals surface area contributed by atoms with Gasteiger partial charge >= 0.3 is 6.05 Å². The molecular weight excluding hydrogens is 172 g/mol. The molecular formula is C10H15F2N. The Morgan fingerprint density at radius 1 is 1.23 bits per heavy atom. The van der Waals surface area contributed by atoms with Crippen molar-refractivity contribution in [3.05, 3.63) is 35.4 Å². The molecule has 13 heavy (non-hydrogen) atoms. The molecule has 0 aromatic heterocycles. The van der Waals surface area contributed by atoms with Gasteiger partial charge in [-0.25, -0.2) is 0 Å². The molecule has 1 aromatic rings. The van der Waals surface area contributed by atoms with Gasteiger partial charge in [0.2, 0.25) is 0 Å². The fourth-order valence-electron chi connectivity index (χ4n) is 0.852. The van der Waals surface area contributed by atoms with E-state index in [0.29, 0.717) is 0 Å². The minimum Gasteiger partial charge on any atom is -0.268 e. The summed E-state index contributed by atoms with van der Waals surface area (Å²) in [6.45, 7) is 5.75. The van der Waals surface area contributed by atoms with Crippen molar-refractivity contribution in [3.63, 3.8) is 0 Å². The van der Waals surface area contributed by atoms with Crippen LogP contribution >= 0.6 is 0 Å². The molecule has 3 heteroatoms. The third-order valence-electron chi connectivity index (χ3n) is 1.40. The van der Waals surface area contributed by atoms with Crippen LogP contribution in [0.25, 0.3) is 0 Å². The molecule has 0 radical (unpaired) electrons. The van der Waals surface area contributed by atoms with Crippen molar-refractivity contribution in [2.24, 2.45) is 5.73 Å². The summed E-state index contributed by atoms with van der Waals surface area (Å²) >= 11 is 0. The van der Waals surface area contributed by atoms with Crippen LogP contribution in [-0.2, 0) is 6.05 Å². The zero-order chi connectivity index (χ0) is 10.5. The summed E-state index contributed by atoms with van der Waals surface area (Å²) in [6, 6.07) is 2.78. The Morgan fingerprint density at radius 2 is 1.77 bits per heavy atom. The summed E-state index contributed by atoms with van der Waals surface area (Å²) in [5, 5.41) is 0. The highest BCUT2D eigenvalue weighted by Gasteiger charge is 2.24. The monoisotopic (exact) mass is 187 g/mol. The average Bonchev–Trinajstić information content (AvgIpc) is 2.06. The minimum atomic E-state index is -3.22. The molecule has 0 atom stereocenters. The first-order valence-corrected chi connectivity index (χ1v) is 4.24. The second-order valence-corrected chi connectivity index (χ2v) is 2.49. The van der Waals surface area contributed by atoms with Crippen LogP contribution in [0.3, 0.4) is 0 Å². The Morgan fingerprint density at radius 3 is 2.08 bits per heavy atom. The van der Waals surface area contributed by atoms with Gasteiger partial charge in [0.15, 0.2) is 0 Å². The lowest BCUT2D eigenvalue weighted by Crippen LogP contribution is -2.24. The van der Waals surface area contributed by atoms with Crippen LogP contribution in [-0.4, -0.2) is 0 Å². The number of hydrogen-bond donors (Lipinski definition) is 1. The molecule has 1 nitrogen and oxygen atoms in total. The van der Waals surface area contributed by atoms with Gasteiger partial charge in [0.05, 0.1) is 0 Å². The molecule has 0 aliphatic heterocycles. The third kappa shape index (κ3) is 3.99. The molecule has 0 amide bonds. The lowest BCUT2D eigenvalue weighted by Gasteiger charge is -2.09. The van der Waals surface area contributed by atoms with Crippen LogP contribution in [0.2, 0.25) is 0 Å². The average molecular weight is 187 g/mol. The fraction of sp³-hybridized carbons (Fsp3) is 0.400. The van der Waals surface area contributed by atoms with E-state index < -0.39 is 6.05 Å². The second-order valence-electron chi connectivity index (χ2n) is 2.49. The highest BCUT2D eigenvalue weighted by atomic mass is 19.3. The molecule has 0 saturated carbocycles. The van der Waals surface area contributed by atoms with Gasteiger partial charge in [0.25, 0.3) is 0 Å². The van der Waals surface area contributed by atoms with Crippen molar-refractivity contribution in [2.75, 3.05) is 0 Å². The normalized spacial score (nSPS) is 10.3. The fourth-order valence-corrected chi connectivity index (χ4v) is 0.852. The molecule has 0 fully saturated rings. The van der Waals surface area contributed by atoms with Crippen LogP contribution in [0.15, 0.2) is 24.3 Å². The van der Waals surface area contributed by atoms with E-state index in [-0.39, 0.29) is 5.56 Å². The summed E-state index contributed by atoms with van der Waals surface area (Å²) in [7, 11) is 0. The highest BCUT2D eigenvalue weighted by Crippen LogP contribution is 2.21. The molecule has 0 bridgehead atoms. The first-order chi connectivity index (χ1) is 6.00.